The summed E-state index contributed by atoms with van der Waals surface area (Å²) in [7, 11) is 4.08. The summed E-state index contributed by atoms with van der Waals surface area (Å²) in [6, 6.07) is 6.25. The Labute approximate surface area is 114 Å². The summed E-state index contributed by atoms with van der Waals surface area (Å²) >= 11 is 0. The molecule has 0 fully saturated rings. The van der Waals surface area contributed by atoms with Crippen LogP contribution in [0.5, 0.6) is 11.5 Å². The Bertz CT molecular complexity index is 416. The number of hydrogen-bond donors (Lipinski definition) is 1. The summed E-state index contributed by atoms with van der Waals surface area (Å²) in [5, 5.41) is 9.56. The Balaban J connectivity index is 2.31. The third-order valence-corrected chi connectivity index (χ3v) is 3.67. The van der Waals surface area contributed by atoms with Crippen LogP contribution in [0.3, 0.4) is 0 Å². The van der Waals surface area contributed by atoms with Crippen molar-refractivity contribution < 1.29 is 14.6 Å². The van der Waals surface area contributed by atoms with Crippen LogP contribution in [0.2, 0.25) is 0 Å². The van der Waals surface area contributed by atoms with Gasteiger partial charge in [-0.05, 0) is 38.2 Å². The van der Waals surface area contributed by atoms with Crippen molar-refractivity contribution in [1.29, 1.82) is 0 Å². The first kappa shape index (κ1) is 14.2. The molecular formula is C15H23NO3. The van der Waals surface area contributed by atoms with Crippen molar-refractivity contribution >= 4 is 0 Å². The molecule has 2 atom stereocenters. The van der Waals surface area contributed by atoms with Crippen molar-refractivity contribution in [2.24, 2.45) is 5.92 Å². The largest absolute Gasteiger partial charge is 0.486 e. The molecule has 4 heteroatoms. The molecule has 106 valence electrons. The standard InChI is InChI=1S/C15H23NO3/c1-4-11(10-17)15(16(2)3)12-5-6-13-14(9-12)19-8-7-18-13/h5-6,9,11,15,17H,4,7-8,10H2,1-3H3. The summed E-state index contributed by atoms with van der Waals surface area (Å²) < 4.78 is 11.2. The average molecular weight is 265 g/mol. The molecule has 0 radical (unpaired) electrons. The zero-order chi connectivity index (χ0) is 13.8. The molecule has 1 aromatic carbocycles. The average Bonchev–Trinajstić information content (AvgIpc) is 2.43. The van der Waals surface area contributed by atoms with Crippen LogP contribution < -0.4 is 9.47 Å². The first-order valence-electron chi connectivity index (χ1n) is 6.84. The Morgan fingerprint density at radius 2 is 1.89 bits per heavy atom. The van der Waals surface area contributed by atoms with Gasteiger partial charge in [-0.25, -0.2) is 0 Å². The second-order valence-electron chi connectivity index (χ2n) is 5.16. The van der Waals surface area contributed by atoms with Crippen LogP contribution in [-0.4, -0.2) is 43.9 Å². The number of fused-ring (bicyclic) bond motifs is 1. The highest BCUT2D eigenvalue weighted by Gasteiger charge is 2.25. The smallest absolute Gasteiger partial charge is 0.161 e. The topological polar surface area (TPSA) is 41.9 Å². The minimum Gasteiger partial charge on any atom is -0.486 e. The first-order valence-corrected chi connectivity index (χ1v) is 6.84. The van der Waals surface area contributed by atoms with E-state index in [4.69, 9.17) is 9.47 Å². The lowest BCUT2D eigenvalue weighted by atomic mass is 9.90. The normalized spacial score (nSPS) is 17.3. The molecule has 1 heterocycles. The molecule has 1 N–H and O–H groups in total. The minimum absolute atomic E-state index is 0.186. The quantitative estimate of drug-likeness (QED) is 0.885. The molecule has 1 aliphatic heterocycles. The van der Waals surface area contributed by atoms with E-state index in [2.05, 4.69) is 17.9 Å². The third kappa shape index (κ3) is 3.01. The molecule has 2 rings (SSSR count). The fourth-order valence-electron chi connectivity index (χ4n) is 2.69. The van der Waals surface area contributed by atoms with Gasteiger partial charge in [0.15, 0.2) is 11.5 Å². The first-order chi connectivity index (χ1) is 9.17. The highest BCUT2D eigenvalue weighted by Crippen LogP contribution is 2.36. The van der Waals surface area contributed by atoms with Gasteiger partial charge in [-0.15, -0.1) is 0 Å². The maximum absolute atomic E-state index is 9.56. The minimum atomic E-state index is 0.186. The van der Waals surface area contributed by atoms with Gasteiger partial charge in [-0.3, -0.25) is 0 Å². The van der Waals surface area contributed by atoms with Crippen molar-refractivity contribution in [3.8, 4) is 11.5 Å². The van der Waals surface area contributed by atoms with Crippen LogP contribution >= 0.6 is 0 Å². The number of aliphatic hydroxyl groups excluding tert-OH is 1. The van der Waals surface area contributed by atoms with Gasteiger partial charge in [-0.1, -0.05) is 13.0 Å². The Morgan fingerprint density at radius 3 is 2.47 bits per heavy atom. The monoisotopic (exact) mass is 265 g/mol. The summed E-state index contributed by atoms with van der Waals surface area (Å²) in [6.07, 6.45) is 0.938. The van der Waals surface area contributed by atoms with Crippen molar-refractivity contribution in [1.82, 2.24) is 4.90 Å². The van der Waals surface area contributed by atoms with E-state index in [-0.39, 0.29) is 18.6 Å². The van der Waals surface area contributed by atoms with Crippen LogP contribution in [0, 0.1) is 5.92 Å². The molecule has 0 aliphatic carbocycles. The number of hydrogen-bond acceptors (Lipinski definition) is 4. The second kappa shape index (κ2) is 6.26. The van der Waals surface area contributed by atoms with E-state index in [9.17, 15) is 5.11 Å². The van der Waals surface area contributed by atoms with Crippen LogP contribution in [0.25, 0.3) is 0 Å². The number of ether oxygens (including phenoxy) is 2. The number of aliphatic hydroxyl groups is 1. The lowest BCUT2D eigenvalue weighted by Gasteiger charge is -2.32. The molecule has 0 saturated carbocycles. The maximum Gasteiger partial charge on any atom is 0.161 e. The predicted octanol–water partition coefficient (Wildman–Crippen LogP) is 2.08. The van der Waals surface area contributed by atoms with Crippen molar-refractivity contribution in [3.63, 3.8) is 0 Å². The number of rotatable bonds is 5. The van der Waals surface area contributed by atoms with E-state index in [1.54, 1.807) is 0 Å². The number of benzene rings is 1. The highest BCUT2D eigenvalue weighted by atomic mass is 16.6. The predicted molar refractivity (Wildman–Crippen MR) is 74.7 cm³/mol. The van der Waals surface area contributed by atoms with Gasteiger partial charge in [-0.2, -0.15) is 0 Å². The van der Waals surface area contributed by atoms with Crippen LogP contribution in [0.4, 0.5) is 0 Å². The fraction of sp³-hybridized carbons (Fsp3) is 0.600. The summed E-state index contributed by atoms with van der Waals surface area (Å²) in [5.41, 5.74) is 1.16. The lowest BCUT2D eigenvalue weighted by Crippen LogP contribution is -2.29. The molecule has 0 bridgehead atoms. The molecule has 0 aromatic heterocycles. The third-order valence-electron chi connectivity index (χ3n) is 3.67. The van der Waals surface area contributed by atoms with Gasteiger partial charge in [0.1, 0.15) is 13.2 Å². The van der Waals surface area contributed by atoms with E-state index in [1.165, 1.54) is 0 Å². The highest BCUT2D eigenvalue weighted by molar-refractivity contribution is 5.44. The van der Waals surface area contributed by atoms with E-state index in [0.29, 0.717) is 13.2 Å². The molecule has 2 unspecified atom stereocenters. The molecular weight excluding hydrogens is 242 g/mol. The maximum atomic E-state index is 9.56. The summed E-state index contributed by atoms with van der Waals surface area (Å²) in [6.45, 7) is 3.50. The Kier molecular flexibility index (Phi) is 4.66. The van der Waals surface area contributed by atoms with E-state index >= 15 is 0 Å². The van der Waals surface area contributed by atoms with Crippen LogP contribution in [0.1, 0.15) is 24.9 Å². The SMILES string of the molecule is CCC(CO)C(c1ccc2c(c1)OCCO2)N(C)C. The lowest BCUT2D eigenvalue weighted by molar-refractivity contribution is 0.129. The zero-order valence-electron chi connectivity index (χ0n) is 11.9. The van der Waals surface area contributed by atoms with Gasteiger partial charge in [0.25, 0.3) is 0 Å². The number of nitrogens with zero attached hydrogens (tertiary/aromatic N) is 1. The van der Waals surface area contributed by atoms with E-state index in [1.807, 2.05) is 26.2 Å². The summed E-state index contributed by atoms with van der Waals surface area (Å²) in [4.78, 5) is 2.15. The summed E-state index contributed by atoms with van der Waals surface area (Å²) in [5.74, 6) is 1.84. The molecule has 1 aliphatic rings. The Morgan fingerprint density at radius 1 is 1.21 bits per heavy atom. The van der Waals surface area contributed by atoms with Gasteiger partial charge in [0, 0.05) is 18.6 Å². The van der Waals surface area contributed by atoms with Crippen molar-refractivity contribution in [2.75, 3.05) is 33.9 Å². The fourth-order valence-corrected chi connectivity index (χ4v) is 2.69. The van der Waals surface area contributed by atoms with Gasteiger partial charge >= 0.3 is 0 Å². The molecule has 0 spiro atoms. The van der Waals surface area contributed by atoms with Crippen LogP contribution in [-0.2, 0) is 0 Å². The zero-order valence-corrected chi connectivity index (χ0v) is 11.9. The molecule has 0 saturated heterocycles. The van der Waals surface area contributed by atoms with Crippen molar-refractivity contribution in [3.05, 3.63) is 23.8 Å². The van der Waals surface area contributed by atoms with Gasteiger partial charge in [0.05, 0.1) is 0 Å². The van der Waals surface area contributed by atoms with Crippen molar-refractivity contribution in [2.45, 2.75) is 19.4 Å². The second-order valence-corrected chi connectivity index (χ2v) is 5.16. The Hall–Kier alpha value is -1.26. The molecule has 0 amide bonds. The van der Waals surface area contributed by atoms with E-state index < -0.39 is 0 Å². The van der Waals surface area contributed by atoms with Gasteiger partial charge < -0.3 is 19.5 Å². The molecule has 19 heavy (non-hydrogen) atoms. The van der Waals surface area contributed by atoms with Gasteiger partial charge in [0.2, 0.25) is 0 Å². The molecule has 1 aromatic rings. The molecule has 4 nitrogen and oxygen atoms in total. The van der Waals surface area contributed by atoms with Crippen LogP contribution in [0.15, 0.2) is 18.2 Å². The van der Waals surface area contributed by atoms with E-state index in [0.717, 1.165) is 23.5 Å².